The van der Waals surface area contributed by atoms with Crippen molar-refractivity contribution in [2.24, 2.45) is 0 Å². The highest BCUT2D eigenvalue weighted by Gasteiger charge is 2.22. The smallest absolute Gasteiger partial charge is 0.0922 e. The molecule has 0 aliphatic carbocycles. The van der Waals surface area contributed by atoms with E-state index in [1.165, 1.54) is 5.39 Å². The molecule has 112 valence electrons. The summed E-state index contributed by atoms with van der Waals surface area (Å²) in [7, 11) is 1.77. The lowest BCUT2D eigenvalue weighted by Gasteiger charge is -2.33. The van der Waals surface area contributed by atoms with Crippen molar-refractivity contribution in [2.45, 2.75) is 25.0 Å². The van der Waals surface area contributed by atoms with Gasteiger partial charge in [-0.05, 0) is 35.7 Å². The first-order valence-electron chi connectivity index (χ1n) is 7.69. The van der Waals surface area contributed by atoms with Crippen molar-refractivity contribution in [3.05, 3.63) is 48.0 Å². The minimum Gasteiger partial charge on any atom is -0.387 e. The van der Waals surface area contributed by atoms with Gasteiger partial charge in [0.25, 0.3) is 0 Å². The van der Waals surface area contributed by atoms with E-state index in [1.54, 1.807) is 7.11 Å². The summed E-state index contributed by atoms with van der Waals surface area (Å²) in [6, 6.07) is 14.4. The summed E-state index contributed by atoms with van der Waals surface area (Å²) in [5, 5.41) is 13.0. The van der Waals surface area contributed by atoms with Crippen LogP contribution in [0.3, 0.4) is 0 Å². The van der Waals surface area contributed by atoms with E-state index in [2.05, 4.69) is 23.1 Å². The number of hydrogen-bond donors (Lipinski definition) is 1. The topological polar surface area (TPSA) is 32.7 Å². The maximum Gasteiger partial charge on any atom is 0.0922 e. The molecule has 2 atom stereocenters. The van der Waals surface area contributed by atoms with Crippen molar-refractivity contribution in [1.82, 2.24) is 4.90 Å². The molecule has 0 radical (unpaired) electrons. The summed E-state index contributed by atoms with van der Waals surface area (Å²) in [6.07, 6.45) is 2.11. The predicted molar refractivity (Wildman–Crippen MR) is 85.4 cm³/mol. The van der Waals surface area contributed by atoms with Crippen LogP contribution >= 0.6 is 0 Å². The molecular formula is C18H23NO2. The number of methoxy groups -OCH3 is 1. The van der Waals surface area contributed by atoms with E-state index in [9.17, 15) is 5.11 Å². The lowest BCUT2D eigenvalue weighted by molar-refractivity contribution is 0.0130. The highest BCUT2D eigenvalue weighted by atomic mass is 16.5. The Morgan fingerprint density at radius 1 is 1.24 bits per heavy atom. The second kappa shape index (κ2) is 6.56. The number of piperidine rings is 1. The van der Waals surface area contributed by atoms with Crippen LogP contribution in [-0.2, 0) is 4.74 Å². The van der Waals surface area contributed by atoms with Crippen molar-refractivity contribution >= 4 is 10.8 Å². The van der Waals surface area contributed by atoms with Gasteiger partial charge in [-0.3, -0.25) is 4.90 Å². The van der Waals surface area contributed by atoms with Gasteiger partial charge in [0.05, 0.1) is 12.2 Å². The average molecular weight is 285 g/mol. The second-order valence-electron chi connectivity index (χ2n) is 5.84. The van der Waals surface area contributed by atoms with Gasteiger partial charge < -0.3 is 9.84 Å². The molecule has 21 heavy (non-hydrogen) atoms. The van der Waals surface area contributed by atoms with Crippen LogP contribution in [-0.4, -0.2) is 42.9 Å². The van der Waals surface area contributed by atoms with Gasteiger partial charge in [-0.1, -0.05) is 42.5 Å². The standard InChI is InChI=1S/C18H23NO2/c1-21-15-8-5-11-19(12-15)13-18(20)17-10-4-7-14-6-2-3-9-16(14)17/h2-4,6-7,9-10,15,18,20H,5,8,11-13H2,1H3. The van der Waals surface area contributed by atoms with Crippen LogP contribution in [0, 0.1) is 0 Å². The van der Waals surface area contributed by atoms with Crippen LogP contribution in [0.15, 0.2) is 42.5 Å². The molecule has 2 aromatic rings. The maximum atomic E-state index is 10.6. The summed E-state index contributed by atoms with van der Waals surface area (Å²) in [6.45, 7) is 2.63. The average Bonchev–Trinajstić information content (AvgIpc) is 2.54. The molecule has 2 aromatic carbocycles. The first-order chi connectivity index (χ1) is 10.3. The molecule has 3 rings (SSSR count). The Morgan fingerprint density at radius 3 is 2.90 bits per heavy atom. The summed E-state index contributed by atoms with van der Waals surface area (Å²) < 4.78 is 5.46. The lowest BCUT2D eigenvalue weighted by atomic mass is 9.99. The van der Waals surface area contributed by atoms with Crippen molar-refractivity contribution in [1.29, 1.82) is 0 Å². The van der Waals surface area contributed by atoms with Gasteiger partial charge in [0.15, 0.2) is 0 Å². The molecule has 1 heterocycles. The number of benzene rings is 2. The van der Waals surface area contributed by atoms with Gasteiger partial charge >= 0.3 is 0 Å². The Morgan fingerprint density at radius 2 is 2.05 bits per heavy atom. The minimum absolute atomic E-state index is 0.304. The minimum atomic E-state index is -0.452. The Balaban J connectivity index is 1.76. The zero-order chi connectivity index (χ0) is 14.7. The number of aliphatic hydroxyl groups excluding tert-OH is 1. The van der Waals surface area contributed by atoms with Crippen LogP contribution < -0.4 is 0 Å². The number of β-amino-alcohol motifs (C(OH)–C–C–N with tert-alkyl or cyclic N) is 1. The van der Waals surface area contributed by atoms with Gasteiger partial charge in [0.2, 0.25) is 0 Å². The van der Waals surface area contributed by atoms with Crippen molar-refractivity contribution in [2.75, 3.05) is 26.7 Å². The van der Waals surface area contributed by atoms with Crippen LogP contribution in [0.2, 0.25) is 0 Å². The van der Waals surface area contributed by atoms with E-state index < -0.39 is 6.10 Å². The van der Waals surface area contributed by atoms with Crippen LogP contribution in [0.25, 0.3) is 10.8 Å². The van der Waals surface area contributed by atoms with Gasteiger partial charge in [-0.25, -0.2) is 0 Å². The molecule has 0 aromatic heterocycles. The molecule has 1 saturated heterocycles. The number of nitrogens with zero attached hydrogens (tertiary/aromatic N) is 1. The van der Waals surface area contributed by atoms with Crippen molar-refractivity contribution in [3.8, 4) is 0 Å². The number of hydrogen-bond acceptors (Lipinski definition) is 3. The fraction of sp³-hybridized carbons (Fsp3) is 0.444. The molecule has 1 aliphatic rings. The first-order valence-corrected chi connectivity index (χ1v) is 7.69. The van der Waals surface area contributed by atoms with Crippen LogP contribution in [0.1, 0.15) is 24.5 Å². The normalized spacial score (nSPS) is 21.5. The highest BCUT2D eigenvalue weighted by molar-refractivity contribution is 5.85. The van der Waals surface area contributed by atoms with Gasteiger partial charge in [0.1, 0.15) is 0 Å². The molecule has 1 fully saturated rings. The summed E-state index contributed by atoms with van der Waals surface area (Å²) in [5.41, 5.74) is 1.02. The van der Waals surface area contributed by atoms with Crippen LogP contribution in [0.5, 0.6) is 0 Å². The third kappa shape index (κ3) is 3.26. The molecule has 0 bridgehead atoms. The molecule has 0 spiro atoms. The molecule has 1 N–H and O–H groups in total. The Hall–Kier alpha value is -1.42. The number of fused-ring (bicyclic) bond motifs is 1. The molecule has 2 unspecified atom stereocenters. The van der Waals surface area contributed by atoms with Gasteiger partial charge in [0, 0.05) is 20.2 Å². The Labute approximate surface area is 126 Å². The molecule has 0 saturated carbocycles. The monoisotopic (exact) mass is 285 g/mol. The molecule has 1 aliphatic heterocycles. The molecular weight excluding hydrogens is 262 g/mol. The van der Waals surface area contributed by atoms with E-state index in [-0.39, 0.29) is 0 Å². The maximum absolute atomic E-state index is 10.6. The number of likely N-dealkylation sites (tertiary alicyclic amines) is 1. The summed E-state index contributed by atoms with van der Waals surface area (Å²) in [4.78, 5) is 2.31. The second-order valence-corrected chi connectivity index (χ2v) is 5.84. The zero-order valence-electron chi connectivity index (χ0n) is 12.5. The van der Waals surface area contributed by atoms with E-state index in [0.29, 0.717) is 12.6 Å². The largest absolute Gasteiger partial charge is 0.387 e. The van der Waals surface area contributed by atoms with E-state index >= 15 is 0 Å². The Kier molecular flexibility index (Phi) is 4.54. The van der Waals surface area contributed by atoms with E-state index in [0.717, 1.165) is 36.9 Å². The quantitative estimate of drug-likeness (QED) is 0.937. The van der Waals surface area contributed by atoms with Crippen molar-refractivity contribution in [3.63, 3.8) is 0 Å². The zero-order valence-corrected chi connectivity index (χ0v) is 12.5. The fourth-order valence-electron chi connectivity index (χ4n) is 3.26. The number of aliphatic hydroxyl groups is 1. The lowest BCUT2D eigenvalue weighted by Crippen LogP contribution is -2.41. The molecule has 3 heteroatoms. The number of rotatable bonds is 4. The fourth-order valence-corrected chi connectivity index (χ4v) is 3.26. The molecule has 0 amide bonds. The SMILES string of the molecule is COC1CCCN(CC(O)c2cccc3ccccc23)C1. The first kappa shape index (κ1) is 14.5. The highest BCUT2D eigenvalue weighted by Crippen LogP contribution is 2.25. The van der Waals surface area contributed by atoms with E-state index in [1.807, 2.05) is 24.3 Å². The van der Waals surface area contributed by atoms with Crippen LogP contribution in [0.4, 0.5) is 0 Å². The number of ether oxygens (including phenoxy) is 1. The molecule has 3 nitrogen and oxygen atoms in total. The third-order valence-corrected chi connectivity index (χ3v) is 4.41. The Bertz CT molecular complexity index is 593. The van der Waals surface area contributed by atoms with Crippen molar-refractivity contribution < 1.29 is 9.84 Å². The summed E-state index contributed by atoms with van der Waals surface area (Å²) >= 11 is 0. The van der Waals surface area contributed by atoms with E-state index in [4.69, 9.17) is 4.74 Å². The predicted octanol–water partition coefficient (Wildman–Crippen LogP) is 2.98. The van der Waals surface area contributed by atoms with Gasteiger partial charge in [-0.2, -0.15) is 0 Å². The van der Waals surface area contributed by atoms with Gasteiger partial charge in [-0.15, -0.1) is 0 Å². The summed E-state index contributed by atoms with van der Waals surface area (Å²) in [5.74, 6) is 0. The third-order valence-electron chi connectivity index (χ3n) is 4.41.